The molecule has 1 aliphatic carbocycles. The second kappa shape index (κ2) is 9.61. The summed E-state index contributed by atoms with van der Waals surface area (Å²) in [7, 11) is 0. The average molecular weight is 497 g/mol. The SMILES string of the molecule is Cc1cc(F)c(F)c(-c2cc(C(F)(F)F)c(N[C@H]3C[C@@H]4CN(CC5CCOCC5)C[C@@H]4C3)nn2)c1. The lowest BCUT2D eigenvalue weighted by Crippen LogP contribution is -2.32. The topological polar surface area (TPSA) is 50.3 Å². The van der Waals surface area contributed by atoms with Crippen molar-refractivity contribution < 1.29 is 26.7 Å². The van der Waals surface area contributed by atoms with Crippen molar-refractivity contribution in [3.63, 3.8) is 0 Å². The molecule has 190 valence electrons. The van der Waals surface area contributed by atoms with E-state index in [2.05, 4.69) is 20.4 Å². The number of benzene rings is 1. The fraction of sp³-hybridized carbons (Fsp3) is 0.600. The van der Waals surface area contributed by atoms with Gasteiger partial charge in [-0.3, -0.25) is 0 Å². The molecule has 0 spiro atoms. The Kier molecular flexibility index (Phi) is 6.69. The summed E-state index contributed by atoms with van der Waals surface area (Å²) in [5.74, 6) is -1.20. The maximum Gasteiger partial charge on any atom is 0.420 e. The Morgan fingerprint density at radius 3 is 2.37 bits per heavy atom. The highest BCUT2D eigenvalue weighted by Gasteiger charge is 2.43. The predicted octanol–water partition coefficient (Wildman–Crippen LogP) is 5.30. The first-order valence-electron chi connectivity index (χ1n) is 12.1. The second-order valence-corrected chi connectivity index (χ2v) is 10.2. The summed E-state index contributed by atoms with van der Waals surface area (Å²) in [4.78, 5) is 2.49. The van der Waals surface area contributed by atoms with Gasteiger partial charge in [0, 0.05) is 44.5 Å². The first-order chi connectivity index (χ1) is 16.7. The Bertz CT molecular complexity index is 1060. The molecule has 1 aromatic heterocycles. The first-order valence-corrected chi connectivity index (χ1v) is 12.1. The van der Waals surface area contributed by atoms with Crippen molar-refractivity contribution in [1.82, 2.24) is 15.1 Å². The number of hydrogen-bond donors (Lipinski definition) is 1. The van der Waals surface area contributed by atoms with Crippen LogP contribution in [0, 0.1) is 36.3 Å². The zero-order chi connectivity index (χ0) is 24.7. The highest BCUT2D eigenvalue weighted by molar-refractivity contribution is 5.64. The van der Waals surface area contributed by atoms with Gasteiger partial charge in [0.05, 0.1) is 5.69 Å². The highest BCUT2D eigenvalue weighted by atomic mass is 19.4. The van der Waals surface area contributed by atoms with E-state index in [4.69, 9.17) is 4.74 Å². The maximum absolute atomic E-state index is 14.3. The molecule has 1 saturated carbocycles. The molecule has 2 saturated heterocycles. The van der Waals surface area contributed by atoms with Crippen LogP contribution in [0.4, 0.5) is 27.8 Å². The van der Waals surface area contributed by atoms with Crippen LogP contribution in [0.5, 0.6) is 0 Å². The number of nitrogens with one attached hydrogen (secondary N) is 1. The van der Waals surface area contributed by atoms with Crippen LogP contribution in [0.15, 0.2) is 18.2 Å². The molecule has 1 aromatic carbocycles. The molecule has 0 amide bonds. The zero-order valence-electron chi connectivity index (χ0n) is 19.5. The number of ether oxygens (including phenoxy) is 1. The van der Waals surface area contributed by atoms with Gasteiger partial charge < -0.3 is 15.0 Å². The van der Waals surface area contributed by atoms with Gasteiger partial charge in [0.1, 0.15) is 5.56 Å². The Labute approximate surface area is 201 Å². The maximum atomic E-state index is 14.3. The van der Waals surface area contributed by atoms with E-state index in [1.165, 1.54) is 13.0 Å². The second-order valence-electron chi connectivity index (χ2n) is 10.2. The first kappa shape index (κ1) is 24.4. The lowest BCUT2D eigenvalue weighted by Gasteiger charge is -2.28. The highest BCUT2D eigenvalue weighted by Crippen LogP contribution is 2.42. The monoisotopic (exact) mass is 496 g/mol. The van der Waals surface area contributed by atoms with Gasteiger partial charge >= 0.3 is 6.18 Å². The molecule has 2 aliphatic heterocycles. The Morgan fingerprint density at radius 2 is 1.71 bits per heavy atom. The zero-order valence-corrected chi connectivity index (χ0v) is 19.5. The fourth-order valence-electron chi connectivity index (χ4n) is 5.91. The van der Waals surface area contributed by atoms with Gasteiger partial charge in [-0.2, -0.15) is 13.2 Å². The van der Waals surface area contributed by atoms with E-state index in [1.807, 2.05) is 0 Å². The number of aromatic nitrogens is 2. The molecule has 0 bridgehead atoms. The third kappa shape index (κ3) is 5.28. The van der Waals surface area contributed by atoms with E-state index >= 15 is 0 Å². The van der Waals surface area contributed by atoms with Gasteiger partial charge in [-0.15, -0.1) is 10.2 Å². The molecule has 5 nitrogen and oxygen atoms in total. The predicted molar refractivity (Wildman–Crippen MR) is 121 cm³/mol. The lowest BCUT2D eigenvalue weighted by molar-refractivity contribution is -0.137. The van der Waals surface area contributed by atoms with Gasteiger partial charge in [-0.05, 0) is 74.1 Å². The van der Waals surface area contributed by atoms with E-state index in [9.17, 15) is 22.0 Å². The van der Waals surface area contributed by atoms with Crippen molar-refractivity contribution in [1.29, 1.82) is 0 Å². The van der Waals surface area contributed by atoms with Gasteiger partial charge in [0.15, 0.2) is 17.5 Å². The van der Waals surface area contributed by atoms with Gasteiger partial charge in [-0.25, -0.2) is 8.78 Å². The van der Waals surface area contributed by atoms with Crippen molar-refractivity contribution in [2.24, 2.45) is 17.8 Å². The summed E-state index contributed by atoms with van der Waals surface area (Å²) < 4.78 is 75.2. The van der Waals surface area contributed by atoms with Crippen LogP contribution < -0.4 is 5.32 Å². The summed E-state index contributed by atoms with van der Waals surface area (Å²) in [5, 5.41) is 10.6. The molecule has 2 aromatic rings. The van der Waals surface area contributed by atoms with Gasteiger partial charge in [0.25, 0.3) is 0 Å². The minimum atomic E-state index is -4.72. The van der Waals surface area contributed by atoms with Crippen LogP contribution in [-0.4, -0.2) is 54.0 Å². The molecular weight excluding hydrogens is 467 g/mol. The Balaban J connectivity index is 1.28. The number of aryl methyl sites for hydroxylation is 1. The molecular formula is C25H29F5N4O. The van der Waals surface area contributed by atoms with Crippen LogP contribution in [0.3, 0.4) is 0 Å². The van der Waals surface area contributed by atoms with Crippen molar-refractivity contribution in [2.75, 3.05) is 38.2 Å². The van der Waals surface area contributed by atoms with E-state index in [0.717, 1.165) is 70.7 Å². The summed E-state index contributed by atoms with van der Waals surface area (Å²) >= 11 is 0. The molecule has 10 heteroatoms. The van der Waals surface area contributed by atoms with Crippen molar-refractivity contribution >= 4 is 5.82 Å². The third-order valence-electron chi connectivity index (χ3n) is 7.57. The number of likely N-dealkylation sites (tertiary alicyclic amines) is 1. The van der Waals surface area contributed by atoms with Crippen LogP contribution in [0.25, 0.3) is 11.3 Å². The van der Waals surface area contributed by atoms with Gasteiger partial charge in [-0.1, -0.05) is 0 Å². The Hall–Kier alpha value is -2.33. The van der Waals surface area contributed by atoms with E-state index in [0.29, 0.717) is 23.3 Å². The number of nitrogens with zero attached hydrogens (tertiary/aromatic N) is 3. The number of rotatable bonds is 5. The smallest absolute Gasteiger partial charge is 0.381 e. The number of fused-ring (bicyclic) bond motifs is 1. The minimum absolute atomic E-state index is 0.135. The lowest BCUT2D eigenvalue weighted by atomic mass is 10.00. The molecule has 3 aliphatic rings. The Morgan fingerprint density at radius 1 is 1.03 bits per heavy atom. The van der Waals surface area contributed by atoms with Crippen LogP contribution in [-0.2, 0) is 10.9 Å². The quantitative estimate of drug-likeness (QED) is 0.570. The number of halogens is 5. The van der Waals surface area contributed by atoms with Gasteiger partial charge in [0.2, 0.25) is 0 Å². The molecule has 3 atom stereocenters. The van der Waals surface area contributed by atoms with E-state index in [1.54, 1.807) is 0 Å². The molecule has 1 N–H and O–H groups in total. The normalized spacial score (nSPS) is 25.7. The van der Waals surface area contributed by atoms with Crippen LogP contribution >= 0.6 is 0 Å². The van der Waals surface area contributed by atoms with Crippen molar-refractivity contribution in [2.45, 2.75) is 44.8 Å². The molecule has 3 fully saturated rings. The standard InChI is InChI=1S/C25H29F5N4O/c1-14-6-19(23(27)21(26)7-14)22-10-20(25(28,29)30)24(33-32-22)31-18-8-16-12-34(13-17(16)9-18)11-15-2-4-35-5-3-15/h6-7,10,15-18H,2-5,8-9,11-13H2,1H3,(H,31,33)/t16-,17+,18+. The molecule has 0 radical (unpaired) electrons. The van der Waals surface area contributed by atoms with Crippen LogP contribution in [0.1, 0.15) is 36.8 Å². The summed E-state index contributed by atoms with van der Waals surface area (Å²) in [6.45, 7) is 6.18. The van der Waals surface area contributed by atoms with E-state index < -0.39 is 23.4 Å². The molecule has 0 unspecified atom stereocenters. The largest absolute Gasteiger partial charge is 0.420 e. The number of alkyl halides is 3. The average Bonchev–Trinajstić information content (AvgIpc) is 3.34. The van der Waals surface area contributed by atoms with Crippen molar-refractivity contribution in [3.8, 4) is 11.3 Å². The minimum Gasteiger partial charge on any atom is -0.381 e. The van der Waals surface area contributed by atoms with Crippen molar-refractivity contribution in [3.05, 3.63) is 41.0 Å². The molecule has 5 rings (SSSR count). The number of hydrogen-bond acceptors (Lipinski definition) is 5. The summed E-state index contributed by atoms with van der Waals surface area (Å²) in [6.07, 6.45) is -1.00. The van der Waals surface area contributed by atoms with E-state index in [-0.39, 0.29) is 23.1 Å². The van der Waals surface area contributed by atoms with Crippen LogP contribution in [0.2, 0.25) is 0 Å². The fourth-order valence-corrected chi connectivity index (χ4v) is 5.91. The number of anilines is 1. The third-order valence-corrected chi connectivity index (χ3v) is 7.57. The molecule has 3 heterocycles. The molecule has 35 heavy (non-hydrogen) atoms. The summed E-state index contributed by atoms with van der Waals surface area (Å²) in [6, 6.07) is 2.86. The summed E-state index contributed by atoms with van der Waals surface area (Å²) in [5.41, 5.74) is -1.34.